The lowest BCUT2D eigenvalue weighted by atomic mass is 10.1. The number of carbonyl (C=O) groups is 1. The summed E-state index contributed by atoms with van der Waals surface area (Å²) in [7, 11) is 0. The lowest BCUT2D eigenvalue weighted by Gasteiger charge is -2.20. The molecule has 2 aromatic carbocycles. The Balaban J connectivity index is 1.67. The van der Waals surface area contributed by atoms with Crippen molar-refractivity contribution in [2.24, 2.45) is 0 Å². The van der Waals surface area contributed by atoms with Gasteiger partial charge in [-0.1, -0.05) is 59.9 Å². The first kappa shape index (κ1) is 19.5. The van der Waals surface area contributed by atoms with Crippen LogP contribution in [0.3, 0.4) is 0 Å². The summed E-state index contributed by atoms with van der Waals surface area (Å²) in [6, 6.07) is 20.0. The Morgan fingerprint density at radius 1 is 0.935 bits per heavy atom. The van der Waals surface area contributed by atoms with Crippen molar-refractivity contribution in [2.75, 3.05) is 4.90 Å². The van der Waals surface area contributed by atoms with E-state index < -0.39 is 0 Å². The van der Waals surface area contributed by atoms with Gasteiger partial charge in [0.15, 0.2) is 5.13 Å². The number of hydrogen-bond acceptors (Lipinski definition) is 4. The van der Waals surface area contributed by atoms with E-state index in [1.165, 1.54) is 5.56 Å². The summed E-state index contributed by atoms with van der Waals surface area (Å²) < 4.78 is 2.98. The van der Waals surface area contributed by atoms with E-state index in [-0.39, 0.29) is 5.91 Å². The molecule has 0 fully saturated rings. The SMILES string of the molecule is Cc1nc2ccccn2c1C(=O)N(Cc1ccccc1)c1nc2c(C)ccc(C)c2s1. The van der Waals surface area contributed by atoms with Crippen LogP contribution in [-0.2, 0) is 6.54 Å². The van der Waals surface area contributed by atoms with Gasteiger partial charge in [0.25, 0.3) is 5.91 Å². The molecule has 0 aliphatic rings. The fourth-order valence-electron chi connectivity index (χ4n) is 3.85. The van der Waals surface area contributed by atoms with E-state index in [2.05, 4.69) is 31.0 Å². The third kappa shape index (κ3) is 3.39. The predicted octanol–water partition coefficient (Wildman–Crippen LogP) is 5.72. The number of aromatic nitrogens is 3. The molecule has 5 nitrogen and oxygen atoms in total. The number of anilines is 1. The summed E-state index contributed by atoms with van der Waals surface area (Å²) in [6.07, 6.45) is 1.88. The predicted molar refractivity (Wildman–Crippen MR) is 126 cm³/mol. The van der Waals surface area contributed by atoms with Crippen LogP contribution in [0, 0.1) is 20.8 Å². The van der Waals surface area contributed by atoms with E-state index in [9.17, 15) is 4.79 Å². The number of imidazole rings is 1. The number of nitrogens with zero attached hydrogens (tertiary/aromatic N) is 4. The number of thiazole rings is 1. The molecular formula is C25H22N4OS. The van der Waals surface area contributed by atoms with Crippen LogP contribution in [0.25, 0.3) is 15.9 Å². The third-order valence-electron chi connectivity index (χ3n) is 5.50. The average Bonchev–Trinajstić information content (AvgIpc) is 3.37. The lowest BCUT2D eigenvalue weighted by Crippen LogP contribution is -2.31. The van der Waals surface area contributed by atoms with E-state index in [1.807, 2.05) is 66.1 Å². The summed E-state index contributed by atoms with van der Waals surface area (Å²) in [4.78, 5) is 25.2. The third-order valence-corrected chi connectivity index (χ3v) is 6.71. The highest BCUT2D eigenvalue weighted by Gasteiger charge is 2.27. The highest BCUT2D eigenvalue weighted by molar-refractivity contribution is 7.22. The van der Waals surface area contributed by atoms with Gasteiger partial charge < -0.3 is 0 Å². The monoisotopic (exact) mass is 426 g/mol. The molecule has 0 saturated heterocycles. The first-order valence-electron chi connectivity index (χ1n) is 10.2. The Hall–Kier alpha value is -3.51. The molecule has 5 aromatic rings. The number of fused-ring (bicyclic) bond motifs is 2. The van der Waals surface area contributed by atoms with Crippen molar-refractivity contribution in [3.8, 4) is 0 Å². The van der Waals surface area contributed by atoms with Crippen LogP contribution in [0.2, 0.25) is 0 Å². The zero-order valence-corrected chi connectivity index (χ0v) is 18.5. The van der Waals surface area contributed by atoms with Crippen molar-refractivity contribution < 1.29 is 4.79 Å². The molecule has 31 heavy (non-hydrogen) atoms. The summed E-state index contributed by atoms with van der Waals surface area (Å²) >= 11 is 1.57. The highest BCUT2D eigenvalue weighted by atomic mass is 32.1. The van der Waals surface area contributed by atoms with Gasteiger partial charge in [-0.3, -0.25) is 14.1 Å². The molecule has 0 spiro atoms. The number of carbonyl (C=O) groups excluding carboxylic acids is 1. The average molecular weight is 427 g/mol. The maximum atomic E-state index is 13.9. The van der Waals surface area contributed by atoms with Gasteiger partial charge in [-0.2, -0.15) is 0 Å². The van der Waals surface area contributed by atoms with Gasteiger partial charge in [-0.05, 0) is 49.6 Å². The number of aryl methyl sites for hydroxylation is 3. The Labute approximate surface area is 184 Å². The molecule has 1 amide bonds. The molecule has 154 valence electrons. The molecule has 3 heterocycles. The molecule has 5 rings (SSSR count). The second-order valence-electron chi connectivity index (χ2n) is 7.73. The zero-order chi connectivity index (χ0) is 21.5. The van der Waals surface area contributed by atoms with Crippen LogP contribution in [0.15, 0.2) is 66.9 Å². The van der Waals surface area contributed by atoms with Crippen molar-refractivity contribution in [3.05, 3.63) is 94.9 Å². The Kier molecular flexibility index (Phi) is 4.79. The van der Waals surface area contributed by atoms with Crippen LogP contribution >= 0.6 is 11.3 Å². The topological polar surface area (TPSA) is 50.5 Å². The molecule has 0 saturated carbocycles. The van der Waals surface area contributed by atoms with Crippen molar-refractivity contribution >= 4 is 38.2 Å². The second kappa shape index (κ2) is 7.63. The Bertz CT molecular complexity index is 1380. The minimum atomic E-state index is -0.102. The number of amides is 1. The molecule has 6 heteroatoms. The van der Waals surface area contributed by atoms with Crippen LogP contribution in [0.4, 0.5) is 5.13 Å². The summed E-state index contributed by atoms with van der Waals surface area (Å²) in [5.74, 6) is -0.102. The first-order chi connectivity index (χ1) is 15.0. The van der Waals surface area contributed by atoms with E-state index in [4.69, 9.17) is 4.98 Å². The van der Waals surface area contributed by atoms with Gasteiger partial charge in [0.1, 0.15) is 11.3 Å². The zero-order valence-electron chi connectivity index (χ0n) is 17.7. The molecule has 0 N–H and O–H groups in total. The summed E-state index contributed by atoms with van der Waals surface area (Å²) in [6.45, 7) is 6.47. The molecule has 0 aliphatic carbocycles. The summed E-state index contributed by atoms with van der Waals surface area (Å²) in [5.41, 5.74) is 6.33. The van der Waals surface area contributed by atoms with Gasteiger partial charge >= 0.3 is 0 Å². The largest absolute Gasteiger partial charge is 0.295 e. The molecule has 3 aromatic heterocycles. The van der Waals surface area contributed by atoms with E-state index in [1.54, 1.807) is 16.2 Å². The van der Waals surface area contributed by atoms with Gasteiger partial charge in [0, 0.05) is 6.20 Å². The Morgan fingerprint density at radius 3 is 2.45 bits per heavy atom. The molecular weight excluding hydrogens is 404 g/mol. The van der Waals surface area contributed by atoms with Crippen molar-refractivity contribution in [1.82, 2.24) is 14.4 Å². The fraction of sp³-hybridized carbons (Fsp3) is 0.160. The van der Waals surface area contributed by atoms with E-state index in [0.717, 1.165) is 27.0 Å². The lowest BCUT2D eigenvalue weighted by molar-refractivity contribution is 0.0979. The Morgan fingerprint density at radius 2 is 1.68 bits per heavy atom. The molecule has 0 radical (unpaired) electrons. The van der Waals surface area contributed by atoms with Gasteiger partial charge in [0.2, 0.25) is 0 Å². The number of rotatable bonds is 4. The fourth-order valence-corrected chi connectivity index (χ4v) is 4.96. The molecule has 0 unspecified atom stereocenters. The highest BCUT2D eigenvalue weighted by Crippen LogP contribution is 2.34. The minimum Gasteiger partial charge on any atom is -0.295 e. The maximum Gasteiger partial charge on any atom is 0.279 e. The normalized spacial score (nSPS) is 11.3. The van der Waals surface area contributed by atoms with Gasteiger partial charge in [0.05, 0.1) is 22.5 Å². The smallest absolute Gasteiger partial charge is 0.279 e. The minimum absolute atomic E-state index is 0.102. The number of benzene rings is 2. The first-order valence-corrected chi connectivity index (χ1v) is 11.0. The molecule has 0 bridgehead atoms. The van der Waals surface area contributed by atoms with Crippen LogP contribution < -0.4 is 4.90 Å². The maximum absolute atomic E-state index is 13.9. The standard InChI is InChI=1S/C25H22N4OS/c1-16-12-13-17(2)23-21(16)27-25(31-23)29(15-19-9-5-4-6-10-19)24(30)22-18(3)26-20-11-7-8-14-28(20)22/h4-14H,15H2,1-3H3. The number of pyridine rings is 1. The van der Waals surface area contributed by atoms with Crippen LogP contribution in [0.1, 0.15) is 32.9 Å². The summed E-state index contributed by atoms with van der Waals surface area (Å²) in [5, 5.41) is 0.700. The van der Waals surface area contributed by atoms with E-state index in [0.29, 0.717) is 23.1 Å². The van der Waals surface area contributed by atoms with Crippen molar-refractivity contribution in [2.45, 2.75) is 27.3 Å². The van der Waals surface area contributed by atoms with Gasteiger partial charge in [-0.15, -0.1) is 0 Å². The van der Waals surface area contributed by atoms with Crippen LogP contribution in [-0.4, -0.2) is 20.3 Å². The number of hydrogen-bond donors (Lipinski definition) is 0. The van der Waals surface area contributed by atoms with Crippen molar-refractivity contribution in [3.63, 3.8) is 0 Å². The van der Waals surface area contributed by atoms with E-state index >= 15 is 0 Å². The van der Waals surface area contributed by atoms with Crippen molar-refractivity contribution in [1.29, 1.82) is 0 Å². The second-order valence-corrected chi connectivity index (χ2v) is 8.70. The molecule has 0 aliphatic heterocycles. The quantitative estimate of drug-likeness (QED) is 0.369. The van der Waals surface area contributed by atoms with Crippen LogP contribution in [0.5, 0.6) is 0 Å². The molecule has 0 atom stereocenters. The van der Waals surface area contributed by atoms with Gasteiger partial charge in [-0.25, -0.2) is 9.97 Å².